The largest absolute Gasteiger partial charge is 0.361 e. The molecule has 6 nitrogen and oxygen atoms in total. The quantitative estimate of drug-likeness (QED) is 0.912. The average Bonchev–Trinajstić information content (AvgIpc) is 3.24. The van der Waals surface area contributed by atoms with Crippen molar-refractivity contribution in [2.24, 2.45) is 0 Å². The van der Waals surface area contributed by atoms with Crippen molar-refractivity contribution in [2.75, 3.05) is 13.1 Å². The third-order valence-corrected chi connectivity index (χ3v) is 5.66. The lowest BCUT2D eigenvalue weighted by molar-refractivity contribution is 0.177. The Bertz CT molecular complexity index is 655. The van der Waals surface area contributed by atoms with Crippen molar-refractivity contribution in [1.82, 2.24) is 20.4 Å². The van der Waals surface area contributed by atoms with Crippen LogP contribution >= 0.6 is 11.3 Å². The molecule has 1 aliphatic rings. The Kier molecular flexibility index (Phi) is 5.18. The first-order chi connectivity index (χ1) is 11.6. The van der Waals surface area contributed by atoms with Crippen LogP contribution in [0.4, 0.5) is 4.79 Å². The van der Waals surface area contributed by atoms with Gasteiger partial charge in [-0.2, -0.15) is 0 Å². The number of urea groups is 1. The molecule has 7 heteroatoms. The SMILES string of the molecule is CCC(NC(=O)N1CCC(c2nccs2)CC1)c1c(C)noc1C. The van der Waals surface area contributed by atoms with E-state index in [1.807, 2.05) is 30.3 Å². The van der Waals surface area contributed by atoms with Crippen LogP contribution in [-0.4, -0.2) is 34.2 Å². The van der Waals surface area contributed by atoms with Gasteiger partial charge in [0.05, 0.1) is 16.7 Å². The zero-order chi connectivity index (χ0) is 17.1. The Morgan fingerprint density at radius 3 is 2.75 bits per heavy atom. The summed E-state index contributed by atoms with van der Waals surface area (Å²) in [5.41, 5.74) is 1.85. The van der Waals surface area contributed by atoms with Gasteiger partial charge in [-0.15, -0.1) is 11.3 Å². The van der Waals surface area contributed by atoms with E-state index in [-0.39, 0.29) is 12.1 Å². The maximum Gasteiger partial charge on any atom is 0.317 e. The Balaban J connectivity index is 1.59. The Morgan fingerprint density at radius 2 is 2.21 bits per heavy atom. The minimum atomic E-state index is -0.0552. The van der Waals surface area contributed by atoms with Crippen molar-refractivity contribution in [3.05, 3.63) is 33.6 Å². The van der Waals surface area contributed by atoms with Crippen LogP contribution in [0.1, 0.15) is 60.2 Å². The van der Waals surface area contributed by atoms with Gasteiger partial charge in [0.1, 0.15) is 5.76 Å². The predicted molar refractivity (Wildman–Crippen MR) is 93.2 cm³/mol. The number of aryl methyl sites for hydroxylation is 2. The molecular weight excluding hydrogens is 324 g/mol. The molecule has 1 N–H and O–H groups in total. The number of hydrogen-bond acceptors (Lipinski definition) is 5. The molecule has 2 amide bonds. The lowest BCUT2D eigenvalue weighted by atomic mass is 9.97. The highest BCUT2D eigenvalue weighted by atomic mass is 32.1. The summed E-state index contributed by atoms with van der Waals surface area (Å²) in [4.78, 5) is 18.9. The van der Waals surface area contributed by atoms with Gasteiger partial charge >= 0.3 is 6.03 Å². The van der Waals surface area contributed by atoms with E-state index >= 15 is 0 Å². The molecule has 130 valence electrons. The Hall–Kier alpha value is -1.89. The first-order valence-corrected chi connectivity index (χ1v) is 9.35. The van der Waals surface area contributed by atoms with Gasteiger partial charge in [0.15, 0.2) is 0 Å². The summed E-state index contributed by atoms with van der Waals surface area (Å²) in [6.07, 6.45) is 4.62. The second-order valence-corrected chi connectivity index (χ2v) is 7.21. The second kappa shape index (κ2) is 7.34. The van der Waals surface area contributed by atoms with Gasteiger partial charge < -0.3 is 14.7 Å². The lowest BCUT2D eigenvalue weighted by Crippen LogP contribution is -2.45. The fourth-order valence-electron chi connectivity index (χ4n) is 3.37. The minimum absolute atomic E-state index is 0.000520. The number of carbonyl (C=O) groups excluding carboxylic acids is 1. The van der Waals surface area contributed by atoms with Gasteiger partial charge in [0.2, 0.25) is 0 Å². The van der Waals surface area contributed by atoms with E-state index in [2.05, 4.69) is 22.4 Å². The van der Waals surface area contributed by atoms with Gasteiger partial charge in [-0.1, -0.05) is 12.1 Å². The Labute approximate surface area is 146 Å². The van der Waals surface area contributed by atoms with Crippen LogP contribution in [0.15, 0.2) is 16.1 Å². The molecule has 1 saturated heterocycles. The highest BCUT2D eigenvalue weighted by Crippen LogP contribution is 2.30. The van der Waals surface area contributed by atoms with Crippen LogP contribution in [-0.2, 0) is 0 Å². The van der Waals surface area contributed by atoms with Crippen LogP contribution < -0.4 is 5.32 Å². The number of nitrogens with one attached hydrogen (secondary N) is 1. The third kappa shape index (κ3) is 3.45. The predicted octanol–water partition coefficient (Wildman–Crippen LogP) is 3.79. The minimum Gasteiger partial charge on any atom is -0.361 e. The highest BCUT2D eigenvalue weighted by molar-refractivity contribution is 7.09. The maximum absolute atomic E-state index is 12.6. The summed E-state index contributed by atoms with van der Waals surface area (Å²) in [7, 11) is 0. The fraction of sp³-hybridized carbons (Fsp3) is 0.588. The summed E-state index contributed by atoms with van der Waals surface area (Å²) in [5, 5.41) is 10.4. The van der Waals surface area contributed by atoms with Crippen LogP contribution in [0, 0.1) is 13.8 Å². The zero-order valence-corrected chi connectivity index (χ0v) is 15.2. The lowest BCUT2D eigenvalue weighted by Gasteiger charge is -2.32. The van der Waals surface area contributed by atoms with Gasteiger partial charge in [0, 0.05) is 36.1 Å². The molecular formula is C17H24N4O2S. The summed E-state index contributed by atoms with van der Waals surface area (Å²) in [6, 6.07) is -0.0557. The van der Waals surface area contributed by atoms with Gasteiger partial charge in [-0.3, -0.25) is 0 Å². The number of nitrogens with zero attached hydrogens (tertiary/aromatic N) is 3. The third-order valence-electron chi connectivity index (χ3n) is 4.73. The molecule has 0 saturated carbocycles. The molecule has 0 bridgehead atoms. The number of likely N-dealkylation sites (tertiary alicyclic amines) is 1. The molecule has 0 aromatic carbocycles. The van der Waals surface area contributed by atoms with Crippen LogP contribution in [0.5, 0.6) is 0 Å². The summed E-state index contributed by atoms with van der Waals surface area (Å²) >= 11 is 1.71. The van der Waals surface area contributed by atoms with Crippen molar-refractivity contribution in [1.29, 1.82) is 0 Å². The van der Waals surface area contributed by atoms with Gasteiger partial charge in [-0.25, -0.2) is 9.78 Å². The van der Waals surface area contributed by atoms with E-state index in [1.54, 1.807) is 11.3 Å². The molecule has 2 aromatic heterocycles. The summed E-state index contributed by atoms with van der Waals surface area (Å²) < 4.78 is 5.24. The number of rotatable bonds is 4. The number of amides is 2. The summed E-state index contributed by atoms with van der Waals surface area (Å²) in [6.45, 7) is 7.41. The number of hydrogen-bond donors (Lipinski definition) is 1. The van der Waals surface area contributed by atoms with E-state index in [0.717, 1.165) is 49.4 Å². The normalized spacial score (nSPS) is 17.0. The molecule has 3 rings (SSSR count). The molecule has 1 fully saturated rings. The van der Waals surface area contributed by atoms with Crippen molar-refractivity contribution in [3.8, 4) is 0 Å². The molecule has 1 atom stereocenters. The highest BCUT2D eigenvalue weighted by Gasteiger charge is 2.27. The van der Waals surface area contributed by atoms with Crippen molar-refractivity contribution >= 4 is 17.4 Å². The first kappa shape index (κ1) is 17.0. The molecule has 24 heavy (non-hydrogen) atoms. The molecule has 1 aliphatic heterocycles. The summed E-state index contributed by atoms with van der Waals surface area (Å²) in [5.74, 6) is 1.26. The topological polar surface area (TPSA) is 71.3 Å². The monoisotopic (exact) mass is 348 g/mol. The van der Waals surface area contributed by atoms with Gasteiger partial charge in [-0.05, 0) is 33.1 Å². The molecule has 0 aliphatic carbocycles. The fourth-order valence-corrected chi connectivity index (χ4v) is 4.18. The maximum atomic E-state index is 12.6. The molecule has 0 spiro atoms. The number of aromatic nitrogens is 2. The Morgan fingerprint density at radius 1 is 1.46 bits per heavy atom. The van der Waals surface area contributed by atoms with E-state index in [0.29, 0.717) is 5.92 Å². The zero-order valence-electron chi connectivity index (χ0n) is 14.4. The van der Waals surface area contributed by atoms with E-state index in [9.17, 15) is 4.79 Å². The first-order valence-electron chi connectivity index (χ1n) is 8.47. The molecule has 0 radical (unpaired) electrons. The smallest absolute Gasteiger partial charge is 0.317 e. The molecule has 3 heterocycles. The van der Waals surface area contributed by atoms with Crippen molar-refractivity contribution < 1.29 is 9.32 Å². The van der Waals surface area contributed by atoms with Crippen molar-refractivity contribution in [3.63, 3.8) is 0 Å². The average molecular weight is 348 g/mol. The molecule has 2 aromatic rings. The number of piperidine rings is 1. The van der Waals surface area contributed by atoms with Crippen LogP contribution in [0.3, 0.4) is 0 Å². The van der Waals surface area contributed by atoms with Crippen molar-refractivity contribution in [2.45, 2.75) is 52.0 Å². The van der Waals surface area contributed by atoms with Crippen LogP contribution in [0.2, 0.25) is 0 Å². The van der Waals surface area contributed by atoms with E-state index < -0.39 is 0 Å². The van der Waals surface area contributed by atoms with Crippen LogP contribution in [0.25, 0.3) is 0 Å². The van der Waals surface area contributed by atoms with Gasteiger partial charge in [0.25, 0.3) is 0 Å². The second-order valence-electron chi connectivity index (χ2n) is 6.28. The number of thiazole rings is 1. The molecule has 1 unspecified atom stereocenters. The number of carbonyl (C=O) groups is 1. The van der Waals surface area contributed by atoms with E-state index in [1.165, 1.54) is 5.01 Å². The van der Waals surface area contributed by atoms with E-state index in [4.69, 9.17) is 4.52 Å². The standard InChI is InChI=1S/C17H24N4O2S/c1-4-14(15-11(2)20-23-12(15)3)19-17(22)21-8-5-13(6-9-21)16-18-7-10-24-16/h7,10,13-14H,4-6,8-9H2,1-3H3,(H,19,22).